The van der Waals surface area contributed by atoms with Crippen LogP contribution in [0.5, 0.6) is 0 Å². The van der Waals surface area contributed by atoms with Crippen molar-refractivity contribution in [1.29, 1.82) is 0 Å². The lowest BCUT2D eigenvalue weighted by Gasteiger charge is -2.23. The first-order valence-electron chi connectivity index (χ1n) is 26.7. The first-order chi connectivity index (χ1) is 36.9. The van der Waals surface area contributed by atoms with E-state index in [-0.39, 0.29) is 5.41 Å². The van der Waals surface area contributed by atoms with E-state index >= 15 is 0 Å². The molecule has 16 rings (SSSR count). The monoisotopic (exact) mass is 962 g/mol. The smallest absolute Gasteiger partial charge is 0.0620 e. The van der Waals surface area contributed by atoms with Crippen LogP contribution in [0.15, 0.2) is 243 Å². The second kappa shape index (κ2) is 18.2. The van der Waals surface area contributed by atoms with Crippen molar-refractivity contribution >= 4 is 103 Å². The van der Waals surface area contributed by atoms with Gasteiger partial charge in [0, 0.05) is 43.4 Å². The van der Waals surface area contributed by atoms with Gasteiger partial charge in [0.2, 0.25) is 0 Å². The molecule has 0 atom stereocenters. The Morgan fingerprint density at radius 3 is 1.49 bits per heavy atom. The summed E-state index contributed by atoms with van der Waals surface area (Å²) in [6.07, 6.45) is 4.00. The lowest BCUT2D eigenvalue weighted by Crippen LogP contribution is -2.15. The SMILES string of the molecule is C/C=C\C.CC.CC1(C)c2ccc(-c3ccc4c(c3)c3ccccc3n4-c3ccc4c5ccccc5c5ccccc5c4c3)cc2-c2ccc3cc4c(cc3c21)c1cccc2c3ccccc3n4c21.c1ccccc1. The average molecular weight is 963 g/mol. The van der Waals surface area contributed by atoms with E-state index in [0.717, 1.165) is 0 Å². The Balaban J connectivity index is 0.000000408. The summed E-state index contributed by atoms with van der Waals surface area (Å²) in [6, 6.07) is 85.3. The predicted octanol–water partition coefficient (Wildman–Crippen LogP) is 20.8. The molecular formula is C73H58N2. The molecule has 0 fully saturated rings. The molecule has 0 radical (unpaired) electrons. The maximum atomic E-state index is 2.50. The van der Waals surface area contributed by atoms with Gasteiger partial charge in [0.05, 0.1) is 27.6 Å². The molecule has 12 aromatic carbocycles. The highest BCUT2D eigenvalue weighted by Gasteiger charge is 2.37. The minimum atomic E-state index is -0.154. The minimum absolute atomic E-state index is 0.154. The van der Waals surface area contributed by atoms with E-state index in [1.807, 2.05) is 76.2 Å². The normalized spacial score (nSPS) is 12.7. The Hall–Kier alpha value is -8.98. The van der Waals surface area contributed by atoms with Crippen molar-refractivity contribution in [1.82, 2.24) is 8.97 Å². The topological polar surface area (TPSA) is 9.34 Å². The Kier molecular flexibility index (Phi) is 11.1. The zero-order valence-electron chi connectivity index (χ0n) is 43.5. The van der Waals surface area contributed by atoms with Gasteiger partial charge in [0.25, 0.3) is 0 Å². The van der Waals surface area contributed by atoms with Crippen molar-refractivity contribution < 1.29 is 0 Å². The number of nitrogens with zero attached hydrogens (tertiary/aromatic N) is 2. The molecule has 360 valence electrons. The minimum Gasteiger partial charge on any atom is -0.309 e. The maximum absolute atomic E-state index is 2.50. The molecule has 0 aliphatic heterocycles. The zero-order valence-corrected chi connectivity index (χ0v) is 43.5. The van der Waals surface area contributed by atoms with Crippen molar-refractivity contribution in [3.05, 3.63) is 254 Å². The van der Waals surface area contributed by atoms with Crippen LogP contribution in [0, 0.1) is 0 Å². The Morgan fingerprint density at radius 1 is 0.333 bits per heavy atom. The molecular weight excluding hydrogens is 905 g/mol. The summed E-state index contributed by atoms with van der Waals surface area (Å²) < 4.78 is 4.95. The highest BCUT2D eigenvalue weighted by molar-refractivity contribution is 6.27. The van der Waals surface area contributed by atoms with Crippen LogP contribution in [0.2, 0.25) is 0 Å². The number of para-hydroxylation sites is 3. The van der Waals surface area contributed by atoms with E-state index in [4.69, 9.17) is 0 Å². The number of allylic oxidation sites excluding steroid dienone is 2. The quantitative estimate of drug-likeness (QED) is 0.121. The van der Waals surface area contributed by atoms with E-state index in [1.54, 1.807) is 0 Å². The molecule has 0 saturated carbocycles. The standard InChI is InChI=1S/C61H38N2.C6H6.C4H8.C2H6/c1-61(2)54-28-23-35(30-51(54)46-26-22-37-32-58-53(34-49(37)59(46)61)48-19-11-18-47-44-16-7-10-21-56(44)63(58)60(47)48)36-24-29-57-52(31-36)45-17-8-9-20-55(45)62(57)38-25-27-43-41-14-4-3-12-39(41)40-13-5-6-15-42(40)50(43)33-38;1-2-4-6-5-3-1;1-3-4-2;1-2/h3-34H,1-2H3;1-6H;3-4H,1-2H3;1-2H3/b;;4-3-;. The Bertz CT molecular complexity index is 4650. The lowest BCUT2D eigenvalue weighted by atomic mass is 9.80. The molecule has 0 unspecified atom stereocenters. The third kappa shape index (κ3) is 7.00. The Labute approximate surface area is 438 Å². The van der Waals surface area contributed by atoms with Crippen molar-refractivity contribution in [3.8, 4) is 27.9 Å². The molecule has 0 bridgehead atoms. The van der Waals surface area contributed by atoms with Gasteiger partial charge < -0.3 is 8.97 Å². The molecule has 0 N–H and O–H groups in total. The van der Waals surface area contributed by atoms with Crippen molar-refractivity contribution in [2.24, 2.45) is 0 Å². The Morgan fingerprint density at radius 2 is 0.840 bits per heavy atom. The van der Waals surface area contributed by atoms with Crippen LogP contribution in [0.3, 0.4) is 0 Å². The second-order valence-corrected chi connectivity index (χ2v) is 20.2. The van der Waals surface area contributed by atoms with Crippen LogP contribution in [-0.4, -0.2) is 8.97 Å². The highest BCUT2D eigenvalue weighted by Crippen LogP contribution is 2.53. The van der Waals surface area contributed by atoms with Gasteiger partial charge in [-0.2, -0.15) is 0 Å². The fraction of sp³-hybridized carbons (Fsp3) is 0.0959. The van der Waals surface area contributed by atoms with Gasteiger partial charge in [-0.05, 0) is 145 Å². The van der Waals surface area contributed by atoms with Crippen molar-refractivity contribution in [2.45, 2.75) is 47.0 Å². The van der Waals surface area contributed by atoms with E-state index in [1.165, 1.54) is 142 Å². The largest absolute Gasteiger partial charge is 0.309 e. The predicted molar refractivity (Wildman–Crippen MR) is 327 cm³/mol. The average Bonchev–Trinajstić information content (AvgIpc) is 4.25. The molecule has 1 aliphatic rings. The van der Waals surface area contributed by atoms with Gasteiger partial charge in [-0.1, -0.05) is 216 Å². The van der Waals surface area contributed by atoms with Crippen LogP contribution < -0.4 is 0 Å². The van der Waals surface area contributed by atoms with Crippen molar-refractivity contribution in [2.75, 3.05) is 0 Å². The molecule has 3 heterocycles. The molecule has 15 aromatic rings. The van der Waals surface area contributed by atoms with Gasteiger partial charge in [-0.15, -0.1) is 0 Å². The van der Waals surface area contributed by atoms with Crippen LogP contribution in [0.1, 0.15) is 52.7 Å². The molecule has 2 heteroatoms. The number of benzene rings is 12. The number of aromatic nitrogens is 2. The summed E-state index contributed by atoms with van der Waals surface area (Å²) in [5.41, 5.74) is 15.3. The van der Waals surface area contributed by atoms with E-state index in [9.17, 15) is 0 Å². The third-order valence-corrected chi connectivity index (χ3v) is 16.0. The van der Waals surface area contributed by atoms with Gasteiger partial charge in [0.1, 0.15) is 0 Å². The summed E-state index contributed by atoms with van der Waals surface area (Å²) in [5.74, 6) is 0. The van der Waals surface area contributed by atoms with Gasteiger partial charge >= 0.3 is 0 Å². The fourth-order valence-corrected chi connectivity index (χ4v) is 12.6. The van der Waals surface area contributed by atoms with Gasteiger partial charge in [0.15, 0.2) is 0 Å². The number of fused-ring (bicyclic) bond motifs is 20. The van der Waals surface area contributed by atoms with E-state index in [0.29, 0.717) is 0 Å². The first kappa shape index (κ1) is 45.9. The van der Waals surface area contributed by atoms with Crippen molar-refractivity contribution in [3.63, 3.8) is 0 Å². The van der Waals surface area contributed by atoms with Crippen LogP contribution in [0.25, 0.3) is 131 Å². The highest BCUT2D eigenvalue weighted by atomic mass is 15.0. The van der Waals surface area contributed by atoms with Gasteiger partial charge in [-0.3, -0.25) is 0 Å². The summed E-state index contributed by atoms with van der Waals surface area (Å²) in [5, 5.41) is 18.2. The molecule has 0 amide bonds. The van der Waals surface area contributed by atoms with E-state index in [2.05, 4.69) is 217 Å². The number of hydrogen-bond acceptors (Lipinski definition) is 0. The van der Waals surface area contributed by atoms with E-state index < -0.39 is 0 Å². The molecule has 0 saturated heterocycles. The fourth-order valence-electron chi connectivity index (χ4n) is 12.6. The van der Waals surface area contributed by atoms with Crippen LogP contribution in [-0.2, 0) is 5.41 Å². The van der Waals surface area contributed by atoms with Crippen LogP contribution >= 0.6 is 0 Å². The molecule has 2 nitrogen and oxygen atoms in total. The first-order valence-corrected chi connectivity index (χ1v) is 26.7. The number of rotatable bonds is 2. The summed E-state index contributed by atoms with van der Waals surface area (Å²) >= 11 is 0. The molecule has 1 aliphatic carbocycles. The van der Waals surface area contributed by atoms with Crippen LogP contribution in [0.4, 0.5) is 0 Å². The second-order valence-electron chi connectivity index (χ2n) is 20.2. The summed E-state index contributed by atoms with van der Waals surface area (Å²) in [4.78, 5) is 0. The number of hydrogen-bond donors (Lipinski definition) is 0. The third-order valence-electron chi connectivity index (χ3n) is 16.0. The van der Waals surface area contributed by atoms with Gasteiger partial charge in [-0.25, -0.2) is 0 Å². The summed E-state index contributed by atoms with van der Waals surface area (Å²) in [6.45, 7) is 12.8. The molecule has 0 spiro atoms. The molecule has 3 aromatic heterocycles. The molecule has 75 heavy (non-hydrogen) atoms. The lowest BCUT2D eigenvalue weighted by molar-refractivity contribution is 0.666. The summed E-state index contributed by atoms with van der Waals surface area (Å²) in [7, 11) is 0. The zero-order chi connectivity index (χ0) is 51.0. The maximum Gasteiger partial charge on any atom is 0.0620 e.